The normalized spacial score (nSPS) is 18.4. The Morgan fingerprint density at radius 2 is 1.55 bits per heavy atom. The molecule has 1 aliphatic carbocycles. The Labute approximate surface area is 130 Å². The minimum atomic E-state index is -3.63. The highest BCUT2D eigenvalue weighted by atomic mass is 79.9. The first kappa shape index (κ1) is 18.2. The Morgan fingerprint density at radius 1 is 1.10 bits per heavy atom. The van der Waals surface area contributed by atoms with Gasteiger partial charge in [0, 0.05) is 15.9 Å². The van der Waals surface area contributed by atoms with Gasteiger partial charge in [0.05, 0.1) is 23.2 Å². The highest BCUT2D eigenvalue weighted by molar-refractivity contribution is 9.12. The predicted molar refractivity (Wildman–Crippen MR) is 83.6 cm³/mol. The summed E-state index contributed by atoms with van der Waals surface area (Å²) in [4.78, 5) is 2.71. The first-order chi connectivity index (χ1) is 8.89. The molecule has 0 aromatic carbocycles. The van der Waals surface area contributed by atoms with Crippen LogP contribution in [0.5, 0.6) is 0 Å². The van der Waals surface area contributed by atoms with Crippen LogP contribution in [0, 0.1) is 16.2 Å². The van der Waals surface area contributed by atoms with Gasteiger partial charge < -0.3 is 0 Å². The van der Waals surface area contributed by atoms with Crippen molar-refractivity contribution >= 4 is 23.8 Å². The van der Waals surface area contributed by atoms with Gasteiger partial charge in [0.25, 0.3) is 0 Å². The zero-order chi connectivity index (χ0) is 15.7. The molecule has 0 bridgehead atoms. The highest BCUT2D eigenvalue weighted by Crippen LogP contribution is 2.58. The highest BCUT2D eigenvalue weighted by Gasteiger charge is 2.46. The van der Waals surface area contributed by atoms with Crippen LogP contribution in [-0.2, 0) is 18.1 Å². The topological polar surface area (TPSA) is 44.8 Å². The van der Waals surface area contributed by atoms with Crippen LogP contribution in [0.15, 0.2) is 0 Å². The largest absolute Gasteiger partial charge is 0.475 e. The zero-order valence-electron chi connectivity index (χ0n) is 13.1. The van der Waals surface area contributed by atoms with E-state index < -0.39 is 19.0 Å². The Bertz CT molecular complexity index is 427. The van der Waals surface area contributed by atoms with E-state index in [1.165, 1.54) is 0 Å². The lowest BCUT2D eigenvalue weighted by Crippen LogP contribution is -2.25. The first-order valence-electron chi connectivity index (χ1n) is 6.68. The van der Waals surface area contributed by atoms with Gasteiger partial charge in [-0.2, -0.15) is 0 Å². The molecule has 1 saturated carbocycles. The third-order valence-corrected chi connectivity index (χ3v) is 4.62. The van der Waals surface area contributed by atoms with E-state index in [1.54, 1.807) is 0 Å². The summed E-state index contributed by atoms with van der Waals surface area (Å²) in [5, 5.41) is 0. The number of phosphoric acid groups is 1. The molecule has 6 heteroatoms. The maximum absolute atomic E-state index is 12.8. The molecule has 0 aliphatic heterocycles. The molecule has 20 heavy (non-hydrogen) atoms. The Hall–Kier alpha value is 0.150. The summed E-state index contributed by atoms with van der Waals surface area (Å²) >= 11 is 3.10. The molecule has 0 unspecified atom stereocenters. The number of phosphoric ester groups is 1. The predicted octanol–water partition coefficient (Wildman–Crippen LogP) is 4.88. The van der Waals surface area contributed by atoms with Gasteiger partial charge in [-0.3, -0.25) is 13.6 Å². The van der Waals surface area contributed by atoms with Gasteiger partial charge in [0.15, 0.2) is 0 Å². The van der Waals surface area contributed by atoms with Crippen molar-refractivity contribution in [2.24, 2.45) is 5.41 Å². The summed E-state index contributed by atoms with van der Waals surface area (Å²) in [6.07, 6.45) is 1.88. The van der Waals surface area contributed by atoms with Gasteiger partial charge in [-0.15, -0.1) is 0 Å². The second-order valence-electron chi connectivity index (χ2n) is 7.13. The quantitative estimate of drug-likeness (QED) is 0.513. The van der Waals surface area contributed by atoms with Gasteiger partial charge in [-0.1, -0.05) is 5.92 Å². The molecule has 1 aliphatic rings. The molecular formula is C14H24BrO4P. The van der Waals surface area contributed by atoms with Crippen molar-refractivity contribution < 1.29 is 18.1 Å². The fraction of sp³-hybridized carbons (Fsp3) is 0.857. The minimum Gasteiger partial charge on any atom is -0.285 e. The maximum Gasteiger partial charge on any atom is 0.475 e. The van der Waals surface area contributed by atoms with Crippen molar-refractivity contribution in [1.82, 2.24) is 0 Å². The summed E-state index contributed by atoms with van der Waals surface area (Å²) in [6, 6.07) is 0. The van der Waals surface area contributed by atoms with Crippen LogP contribution in [0.2, 0.25) is 0 Å². The summed E-state index contributed by atoms with van der Waals surface area (Å²) in [6.45, 7) is 11.2. The summed E-state index contributed by atoms with van der Waals surface area (Å²) in [5.41, 5.74) is -1.43. The molecule has 0 saturated heterocycles. The molecule has 0 radical (unpaired) electrons. The van der Waals surface area contributed by atoms with Crippen LogP contribution in [0.4, 0.5) is 0 Å². The lowest BCUT2D eigenvalue weighted by Gasteiger charge is -2.31. The Balaban J connectivity index is 2.77. The van der Waals surface area contributed by atoms with Crippen molar-refractivity contribution in [3.05, 3.63) is 0 Å². The Morgan fingerprint density at radius 3 is 1.85 bits per heavy atom. The van der Waals surface area contributed by atoms with Crippen molar-refractivity contribution in [2.45, 2.75) is 65.6 Å². The fourth-order valence-corrected chi connectivity index (χ4v) is 3.81. The molecule has 1 fully saturated rings. The van der Waals surface area contributed by atoms with Crippen molar-refractivity contribution in [1.29, 1.82) is 0 Å². The third-order valence-electron chi connectivity index (χ3n) is 2.44. The maximum atomic E-state index is 12.8. The van der Waals surface area contributed by atoms with Crippen LogP contribution in [0.25, 0.3) is 0 Å². The second kappa shape index (κ2) is 6.10. The summed E-state index contributed by atoms with van der Waals surface area (Å²) in [5.74, 6) is 3.04. The molecule has 116 valence electrons. The standard InChI is InChI=1S/C14H24BrO4P/c1-12(2,3)18-20(16,19-13(4,5)6)17-11-14(7-8-14)9-10-15/h7-8,11H2,1-6H3. The molecule has 0 amide bonds. The molecule has 1 rings (SSSR count). The van der Waals surface area contributed by atoms with E-state index >= 15 is 0 Å². The van der Waals surface area contributed by atoms with E-state index in [0.717, 1.165) is 12.8 Å². The van der Waals surface area contributed by atoms with E-state index in [-0.39, 0.29) is 12.0 Å². The van der Waals surface area contributed by atoms with E-state index in [4.69, 9.17) is 13.6 Å². The average Bonchev–Trinajstić information content (AvgIpc) is 2.90. The lowest BCUT2D eigenvalue weighted by molar-refractivity contribution is -0.0000615. The average molecular weight is 367 g/mol. The zero-order valence-corrected chi connectivity index (χ0v) is 15.6. The number of rotatable bonds is 5. The van der Waals surface area contributed by atoms with E-state index in [0.29, 0.717) is 0 Å². The van der Waals surface area contributed by atoms with Crippen LogP contribution in [0.1, 0.15) is 54.4 Å². The lowest BCUT2D eigenvalue weighted by atomic mass is 10.1. The number of halogens is 1. The Kier molecular flexibility index (Phi) is 5.55. The fourth-order valence-electron chi connectivity index (χ4n) is 1.50. The van der Waals surface area contributed by atoms with Crippen molar-refractivity contribution in [2.75, 3.05) is 6.61 Å². The van der Waals surface area contributed by atoms with Crippen molar-refractivity contribution in [3.8, 4) is 10.8 Å². The van der Waals surface area contributed by atoms with Crippen molar-refractivity contribution in [3.63, 3.8) is 0 Å². The van der Waals surface area contributed by atoms with E-state index in [2.05, 4.69) is 26.7 Å². The van der Waals surface area contributed by atoms with Gasteiger partial charge in [-0.25, -0.2) is 4.57 Å². The monoisotopic (exact) mass is 366 g/mol. The molecule has 0 spiro atoms. The van der Waals surface area contributed by atoms with Gasteiger partial charge >= 0.3 is 7.82 Å². The molecule has 0 N–H and O–H groups in total. The molecule has 0 aromatic rings. The smallest absolute Gasteiger partial charge is 0.285 e. The van der Waals surface area contributed by atoms with Crippen LogP contribution >= 0.6 is 23.8 Å². The number of hydrogen-bond donors (Lipinski definition) is 0. The summed E-state index contributed by atoms with van der Waals surface area (Å²) < 4.78 is 29.5. The minimum absolute atomic E-state index is 0.207. The van der Waals surface area contributed by atoms with Crippen LogP contribution in [-0.4, -0.2) is 17.8 Å². The first-order valence-corrected chi connectivity index (χ1v) is 8.93. The van der Waals surface area contributed by atoms with Gasteiger partial charge in [0.1, 0.15) is 0 Å². The van der Waals surface area contributed by atoms with Crippen LogP contribution in [0.3, 0.4) is 0 Å². The molecule has 0 heterocycles. The molecule has 0 aromatic heterocycles. The summed E-state index contributed by atoms with van der Waals surface area (Å²) in [7, 11) is -3.63. The third kappa shape index (κ3) is 6.74. The van der Waals surface area contributed by atoms with Gasteiger partial charge in [-0.05, 0) is 59.2 Å². The van der Waals surface area contributed by atoms with Crippen LogP contribution < -0.4 is 0 Å². The molecular weight excluding hydrogens is 343 g/mol. The van der Waals surface area contributed by atoms with E-state index in [9.17, 15) is 4.57 Å². The van der Waals surface area contributed by atoms with E-state index in [1.807, 2.05) is 41.5 Å². The van der Waals surface area contributed by atoms with Gasteiger partial charge in [0.2, 0.25) is 0 Å². The SMILES string of the molecule is CC(C)(C)OP(=O)(OCC1(C#CBr)CC1)OC(C)(C)C. The second-order valence-corrected chi connectivity index (χ2v) is 9.04. The molecule has 0 atom stereocenters. The molecule has 4 nitrogen and oxygen atoms in total. The number of hydrogen-bond acceptors (Lipinski definition) is 4.